The van der Waals surface area contributed by atoms with Gasteiger partial charge in [-0.1, -0.05) is 30.3 Å². The van der Waals surface area contributed by atoms with E-state index < -0.39 is 11.7 Å². The molecule has 0 saturated carbocycles. The number of carbonyl (C=O) groups excluding carboxylic acids is 1. The molecule has 1 fully saturated rings. The van der Waals surface area contributed by atoms with Crippen LogP contribution in [0.4, 0.5) is 4.79 Å². The molecule has 1 amide bonds. The summed E-state index contributed by atoms with van der Waals surface area (Å²) < 4.78 is 5.41. The second kappa shape index (κ2) is 5.83. The molecule has 1 aliphatic heterocycles. The van der Waals surface area contributed by atoms with Crippen LogP contribution in [0.25, 0.3) is 0 Å². The molecule has 1 aromatic rings. The van der Waals surface area contributed by atoms with Crippen molar-refractivity contribution in [3.05, 3.63) is 35.9 Å². The molecule has 1 N–H and O–H groups in total. The predicted molar refractivity (Wildman–Crippen MR) is 77.4 cm³/mol. The molecule has 20 heavy (non-hydrogen) atoms. The molecule has 0 spiro atoms. The van der Waals surface area contributed by atoms with Crippen LogP contribution in [0.3, 0.4) is 0 Å². The number of aliphatic hydroxyl groups is 1. The van der Waals surface area contributed by atoms with Crippen molar-refractivity contribution >= 4 is 6.09 Å². The first-order valence-electron chi connectivity index (χ1n) is 7.11. The van der Waals surface area contributed by atoms with Crippen LogP contribution in [0, 0.1) is 0 Å². The quantitative estimate of drug-likeness (QED) is 0.903. The molecule has 0 bridgehead atoms. The van der Waals surface area contributed by atoms with Gasteiger partial charge in [0.2, 0.25) is 0 Å². The zero-order chi connectivity index (χ0) is 14.8. The molecule has 0 unspecified atom stereocenters. The number of hydrogen-bond donors (Lipinski definition) is 1. The van der Waals surface area contributed by atoms with E-state index in [1.165, 1.54) is 0 Å². The summed E-state index contributed by atoms with van der Waals surface area (Å²) in [5.74, 6) is 0. The number of carbonyl (C=O) groups is 1. The average Bonchev–Trinajstić information content (AvgIpc) is 2.86. The average molecular weight is 277 g/mol. The summed E-state index contributed by atoms with van der Waals surface area (Å²) in [6.45, 7) is 6.19. The topological polar surface area (TPSA) is 49.8 Å². The van der Waals surface area contributed by atoms with Gasteiger partial charge in [-0.15, -0.1) is 0 Å². The number of hydrogen-bond acceptors (Lipinski definition) is 3. The van der Waals surface area contributed by atoms with E-state index in [1.54, 1.807) is 4.90 Å². The minimum absolute atomic E-state index is 0.202. The Morgan fingerprint density at radius 3 is 2.60 bits per heavy atom. The largest absolute Gasteiger partial charge is 0.444 e. The normalized spacial score (nSPS) is 20.8. The van der Waals surface area contributed by atoms with Crippen LogP contribution in [0.2, 0.25) is 0 Å². The summed E-state index contributed by atoms with van der Waals surface area (Å²) in [5.41, 5.74) is 0.329. The molecule has 2 rings (SSSR count). The van der Waals surface area contributed by atoms with Crippen molar-refractivity contribution in [2.45, 2.75) is 51.4 Å². The van der Waals surface area contributed by atoms with Crippen molar-refractivity contribution in [3.63, 3.8) is 0 Å². The highest BCUT2D eigenvalue weighted by Gasteiger charge is 2.36. The third-order valence-corrected chi connectivity index (χ3v) is 3.43. The maximum atomic E-state index is 12.2. The van der Waals surface area contributed by atoms with E-state index >= 15 is 0 Å². The molecule has 2 atom stereocenters. The Balaban J connectivity index is 2.09. The fourth-order valence-electron chi connectivity index (χ4n) is 2.54. The highest BCUT2D eigenvalue weighted by atomic mass is 16.6. The van der Waals surface area contributed by atoms with E-state index in [-0.39, 0.29) is 12.1 Å². The summed E-state index contributed by atoms with van der Waals surface area (Å²) in [7, 11) is 0. The molecule has 1 aliphatic rings. The standard InChI is InChI=1S/C16H23NO3/c1-16(2,3)20-15(19)17-11-7-10-13(17)14(18)12-8-5-4-6-9-12/h4-6,8-9,13-14,18H,7,10-11H2,1-3H3/t13-,14-/m0/s1. The lowest BCUT2D eigenvalue weighted by molar-refractivity contribution is 0.00490. The van der Waals surface area contributed by atoms with Crippen LogP contribution in [0.15, 0.2) is 30.3 Å². The number of likely N-dealkylation sites (tertiary alicyclic amines) is 1. The van der Waals surface area contributed by atoms with Crippen LogP contribution in [-0.2, 0) is 4.74 Å². The van der Waals surface area contributed by atoms with Gasteiger partial charge in [-0.25, -0.2) is 4.79 Å². The number of amides is 1. The van der Waals surface area contributed by atoms with Crippen molar-refractivity contribution in [1.29, 1.82) is 0 Å². The maximum absolute atomic E-state index is 12.2. The summed E-state index contributed by atoms with van der Waals surface area (Å²) in [6, 6.07) is 9.27. The molecule has 1 heterocycles. The van der Waals surface area contributed by atoms with Crippen LogP contribution in [0.5, 0.6) is 0 Å². The summed E-state index contributed by atoms with van der Waals surface area (Å²) in [4.78, 5) is 13.9. The van der Waals surface area contributed by atoms with Crippen LogP contribution < -0.4 is 0 Å². The lowest BCUT2D eigenvalue weighted by Crippen LogP contribution is -2.42. The van der Waals surface area contributed by atoms with Crippen LogP contribution in [-0.4, -0.2) is 34.3 Å². The molecule has 4 heteroatoms. The first-order chi connectivity index (χ1) is 9.38. The lowest BCUT2D eigenvalue weighted by Gasteiger charge is -2.31. The van der Waals surface area contributed by atoms with Gasteiger partial charge in [0.25, 0.3) is 0 Å². The van der Waals surface area contributed by atoms with Gasteiger partial charge in [-0.2, -0.15) is 0 Å². The molecule has 110 valence electrons. The Labute approximate surface area is 120 Å². The fraction of sp³-hybridized carbons (Fsp3) is 0.562. The van der Waals surface area contributed by atoms with Gasteiger partial charge in [0.05, 0.1) is 12.1 Å². The first kappa shape index (κ1) is 14.9. The second-order valence-corrected chi connectivity index (χ2v) is 6.24. The van der Waals surface area contributed by atoms with Crippen LogP contribution in [0.1, 0.15) is 45.3 Å². The molecule has 1 aromatic carbocycles. The SMILES string of the molecule is CC(C)(C)OC(=O)N1CCC[C@H]1[C@@H](O)c1ccccc1. The van der Waals surface area contributed by atoms with Crippen molar-refractivity contribution < 1.29 is 14.6 Å². The minimum Gasteiger partial charge on any atom is -0.444 e. The Kier molecular flexibility index (Phi) is 4.33. The van der Waals surface area contributed by atoms with Gasteiger partial charge >= 0.3 is 6.09 Å². The van der Waals surface area contributed by atoms with E-state index in [2.05, 4.69) is 0 Å². The molecular formula is C16H23NO3. The summed E-state index contributed by atoms with van der Waals surface area (Å²) in [5, 5.41) is 10.5. The number of aliphatic hydroxyl groups excluding tert-OH is 1. The Morgan fingerprint density at radius 2 is 2.00 bits per heavy atom. The third kappa shape index (κ3) is 3.51. The smallest absolute Gasteiger partial charge is 0.410 e. The molecule has 1 saturated heterocycles. The van der Waals surface area contributed by atoms with Gasteiger partial charge in [-0.3, -0.25) is 0 Å². The van der Waals surface area contributed by atoms with E-state index in [0.717, 1.165) is 18.4 Å². The Bertz CT molecular complexity index is 453. The third-order valence-electron chi connectivity index (χ3n) is 3.43. The molecule has 0 aliphatic carbocycles. The highest BCUT2D eigenvalue weighted by Crippen LogP contribution is 2.30. The van der Waals surface area contributed by atoms with Gasteiger partial charge in [-0.05, 0) is 39.2 Å². The Hall–Kier alpha value is -1.55. The monoisotopic (exact) mass is 277 g/mol. The van der Waals surface area contributed by atoms with E-state index in [9.17, 15) is 9.90 Å². The zero-order valence-electron chi connectivity index (χ0n) is 12.4. The van der Waals surface area contributed by atoms with E-state index in [0.29, 0.717) is 6.54 Å². The maximum Gasteiger partial charge on any atom is 0.410 e. The highest BCUT2D eigenvalue weighted by molar-refractivity contribution is 5.69. The number of benzene rings is 1. The fourth-order valence-corrected chi connectivity index (χ4v) is 2.54. The molecule has 0 aromatic heterocycles. The second-order valence-electron chi connectivity index (χ2n) is 6.24. The van der Waals surface area contributed by atoms with E-state index in [1.807, 2.05) is 51.1 Å². The van der Waals surface area contributed by atoms with Crippen LogP contribution >= 0.6 is 0 Å². The number of ether oxygens (including phenoxy) is 1. The number of rotatable bonds is 2. The first-order valence-corrected chi connectivity index (χ1v) is 7.11. The van der Waals surface area contributed by atoms with Crippen molar-refractivity contribution in [3.8, 4) is 0 Å². The van der Waals surface area contributed by atoms with Gasteiger partial charge < -0.3 is 14.7 Å². The lowest BCUT2D eigenvalue weighted by atomic mass is 10.0. The zero-order valence-corrected chi connectivity index (χ0v) is 12.4. The molecule has 0 radical (unpaired) electrons. The van der Waals surface area contributed by atoms with Gasteiger partial charge in [0.15, 0.2) is 0 Å². The number of nitrogens with zero attached hydrogens (tertiary/aromatic N) is 1. The van der Waals surface area contributed by atoms with Crippen molar-refractivity contribution in [1.82, 2.24) is 4.90 Å². The molecule has 4 nitrogen and oxygen atoms in total. The predicted octanol–water partition coefficient (Wildman–Crippen LogP) is 3.12. The minimum atomic E-state index is -0.661. The van der Waals surface area contributed by atoms with Crippen molar-refractivity contribution in [2.75, 3.05) is 6.54 Å². The Morgan fingerprint density at radius 1 is 1.35 bits per heavy atom. The van der Waals surface area contributed by atoms with Gasteiger partial charge in [0.1, 0.15) is 5.60 Å². The molecular weight excluding hydrogens is 254 g/mol. The van der Waals surface area contributed by atoms with Gasteiger partial charge in [0, 0.05) is 6.54 Å². The summed E-state index contributed by atoms with van der Waals surface area (Å²) >= 11 is 0. The summed E-state index contributed by atoms with van der Waals surface area (Å²) in [6.07, 6.45) is 0.699. The van der Waals surface area contributed by atoms with E-state index in [4.69, 9.17) is 4.74 Å². The van der Waals surface area contributed by atoms with Crippen molar-refractivity contribution in [2.24, 2.45) is 0 Å².